The zero-order chi connectivity index (χ0) is 14.0. The molecule has 98 valence electrons. The summed E-state index contributed by atoms with van der Waals surface area (Å²) >= 11 is 5.71. The van der Waals surface area contributed by atoms with E-state index >= 15 is 0 Å². The Bertz CT molecular complexity index is 570. The molecule has 1 aromatic rings. The highest BCUT2D eigenvalue weighted by molar-refractivity contribution is 6.30. The van der Waals surface area contributed by atoms with E-state index in [0.717, 1.165) is 4.90 Å². The number of nitrogens with zero attached hydrogens (tertiary/aromatic N) is 3. The summed E-state index contributed by atoms with van der Waals surface area (Å²) in [6.07, 6.45) is 0. The molecule has 8 heteroatoms. The predicted molar refractivity (Wildman–Crippen MR) is 66.1 cm³/mol. The Kier molecular flexibility index (Phi) is 3.57. The zero-order valence-electron chi connectivity index (χ0n) is 9.83. The second-order valence-electron chi connectivity index (χ2n) is 3.79. The minimum atomic E-state index is -1.35. The molecule has 4 amide bonds. The van der Waals surface area contributed by atoms with Crippen LogP contribution in [-0.2, 0) is 9.59 Å². The third-order valence-corrected chi connectivity index (χ3v) is 2.71. The van der Waals surface area contributed by atoms with Crippen LogP contribution < -0.4 is 5.32 Å². The first-order valence-electron chi connectivity index (χ1n) is 5.28. The predicted octanol–water partition coefficient (Wildman–Crippen LogP) is 1.50. The van der Waals surface area contributed by atoms with Gasteiger partial charge in [-0.05, 0) is 24.3 Å². The lowest BCUT2D eigenvalue weighted by Gasteiger charge is -2.23. The van der Waals surface area contributed by atoms with E-state index < -0.39 is 23.9 Å². The first-order chi connectivity index (χ1) is 8.99. The van der Waals surface area contributed by atoms with Crippen molar-refractivity contribution in [2.24, 2.45) is 10.2 Å². The molecule has 0 aromatic heterocycles. The molecule has 0 bridgehead atoms. The van der Waals surface area contributed by atoms with Gasteiger partial charge in [0.25, 0.3) is 11.8 Å². The maximum Gasteiger partial charge on any atom is 0.330 e. The number of carbonyl (C=O) groups is 3. The highest BCUT2D eigenvalue weighted by Crippen LogP contribution is 2.17. The first kappa shape index (κ1) is 13.2. The van der Waals surface area contributed by atoms with Crippen LogP contribution in [-0.4, -0.2) is 35.8 Å². The Labute approximate surface area is 113 Å². The van der Waals surface area contributed by atoms with Gasteiger partial charge in [-0.15, -0.1) is 0 Å². The van der Waals surface area contributed by atoms with E-state index in [1.54, 1.807) is 24.3 Å². The first-order valence-corrected chi connectivity index (χ1v) is 5.65. The summed E-state index contributed by atoms with van der Waals surface area (Å²) in [5.74, 6) is -1.50. The maximum atomic E-state index is 11.7. The van der Waals surface area contributed by atoms with Gasteiger partial charge < -0.3 is 0 Å². The van der Waals surface area contributed by atoms with E-state index in [2.05, 4.69) is 10.2 Å². The van der Waals surface area contributed by atoms with Crippen LogP contribution in [0.15, 0.2) is 34.5 Å². The number of imide groups is 2. The van der Waals surface area contributed by atoms with E-state index in [4.69, 9.17) is 11.6 Å². The molecular weight excluding hydrogens is 272 g/mol. The number of urea groups is 1. The quantitative estimate of drug-likeness (QED) is 0.657. The average molecular weight is 281 g/mol. The van der Waals surface area contributed by atoms with Crippen LogP contribution in [0.2, 0.25) is 5.02 Å². The Morgan fingerprint density at radius 2 is 1.84 bits per heavy atom. The number of rotatable bonds is 2. The summed E-state index contributed by atoms with van der Waals surface area (Å²) in [5, 5.41) is 9.98. The minimum absolute atomic E-state index is 0.449. The number of barbiturate groups is 1. The molecule has 1 aliphatic heterocycles. The summed E-state index contributed by atoms with van der Waals surface area (Å²) in [5.41, 5.74) is 0.449. The Morgan fingerprint density at radius 1 is 1.21 bits per heavy atom. The third-order valence-electron chi connectivity index (χ3n) is 2.46. The van der Waals surface area contributed by atoms with Crippen LogP contribution in [0.4, 0.5) is 10.5 Å². The molecule has 1 heterocycles. The van der Waals surface area contributed by atoms with Crippen molar-refractivity contribution in [2.75, 3.05) is 7.05 Å². The number of hydrogen-bond donors (Lipinski definition) is 1. The Morgan fingerprint density at radius 3 is 2.47 bits per heavy atom. The normalized spacial score (nSPS) is 20.0. The lowest BCUT2D eigenvalue weighted by molar-refractivity contribution is -0.137. The van der Waals surface area contributed by atoms with Crippen LogP contribution in [0.3, 0.4) is 0 Å². The molecule has 0 radical (unpaired) electrons. The minimum Gasteiger partial charge on any atom is -0.275 e. The highest BCUT2D eigenvalue weighted by atomic mass is 35.5. The maximum absolute atomic E-state index is 11.7. The van der Waals surface area contributed by atoms with Crippen LogP contribution in [0.25, 0.3) is 0 Å². The van der Waals surface area contributed by atoms with Gasteiger partial charge in [0, 0.05) is 12.1 Å². The molecule has 0 aliphatic carbocycles. The molecule has 0 spiro atoms. The largest absolute Gasteiger partial charge is 0.330 e. The highest BCUT2D eigenvalue weighted by Gasteiger charge is 2.38. The second-order valence-corrected chi connectivity index (χ2v) is 4.22. The van der Waals surface area contributed by atoms with Gasteiger partial charge in [-0.2, -0.15) is 10.2 Å². The Hall–Kier alpha value is -2.28. The number of nitrogens with one attached hydrogen (secondary N) is 1. The van der Waals surface area contributed by atoms with Crippen LogP contribution in [0.5, 0.6) is 0 Å². The number of halogens is 1. The van der Waals surface area contributed by atoms with Crippen LogP contribution in [0.1, 0.15) is 0 Å². The molecule has 1 saturated heterocycles. The van der Waals surface area contributed by atoms with Gasteiger partial charge in [0.05, 0.1) is 5.69 Å². The smallest absolute Gasteiger partial charge is 0.275 e. The molecule has 19 heavy (non-hydrogen) atoms. The van der Waals surface area contributed by atoms with Gasteiger partial charge in [-0.1, -0.05) is 11.6 Å². The summed E-state index contributed by atoms with van der Waals surface area (Å²) < 4.78 is 0. The molecule has 1 fully saturated rings. The van der Waals surface area contributed by atoms with Gasteiger partial charge in [0.2, 0.25) is 6.04 Å². The van der Waals surface area contributed by atoms with Gasteiger partial charge in [-0.3, -0.25) is 19.8 Å². The van der Waals surface area contributed by atoms with E-state index in [1.165, 1.54) is 7.05 Å². The van der Waals surface area contributed by atoms with E-state index in [1.807, 2.05) is 5.32 Å². The fraction of sp³-hybridized carbons (Fsp3) is 0.182. The van der Waals surface area contributed by atoms with Gasteiger partial charge in [-0.25, -0.2) is 4.79 Å². The molecule has 7 nitrogen and oxygen atoms in total. The lowest BCUT2D eigenvalue weighted by atomic mass is 10.2. The summed E-state index contributed by atoms with van der Waals surface area (Å²) in [6, 6.07) is 4.27. The fourth-order valence-corrected chi connectivity index (χ4v) is 1.51. The molecule has 1 N–H and O–H groups in total. The summed E-state index contributed by atoms with van der Waals surface area (Å²) in [7, 11) is 1.26. The second kappa shape index (κ2) is 5.15. The number of azo groups is 1. The summed E-state index contributed by atoms with van der Waals surface area (Å²) in [6.45, 7) is 0. The third kappa shape index (κ3) is 2.76. The Balaban J connectivity index is 2.17. The standard InChI is InChI=1S/C11H9ClN4O3/c1-16-10(18)8(9(17)13-11(16)19)15-14-7-4-2-6(12)3-5-7/h2-5,8H,1H3,(H,13,17,19)/t8-/m0/s1. The van der Waals surface area contributed by atoms with Crippen LogP contribution >= 0.6 is 11.6 Å². The average Bonchev–Trinajstić information content (AvgIpc) is 2.38. The van der Waals surface area contributed by atoms with Gasteiger partial charge in [0.1, 0.15) is 0 Å². The number of carbonyl (C=O) groups excluding carboxylic acids is 3. The lowest BCUT2D eigenvalue weighted by Crippen LogP contribution is -2.58. The molecule has 0 unspecified atom stereocenters. The van der Waals surface area contributed by atoms with Crippen molar-refractivity contribution >= 4 is 35.1 Å². The molecule has 0 saturated carbocycles. The number of hydrogen-bond acceptors (Lipinski definition) is 5. The molecular formula is C11H9ClN4O3. The molecule has 1 aliphatic rings. The number of likely N-dealkylation sites (N-methyl/N-ethyl adjacent to an activating group) is 1. The van der Waals surface area contributed by atoms with Gasteiger partial charge >= 0.3 is 6.03 Å². The summed E-state index contributed by atoms with van der Waals surface area (Å²) in [4.78, 5) is 35.1. The van der Waals surface area contributed by atoms with E-state index in [-0.39, 0.29) is 0 Å². The van der Waals surface area contributed by atoms with Crippen molar-refractivity contribution < 1.29 is 14.4 Å². The van der Waals surface area contributed by atoms with Crippen molar-refractivity contribution in [3.05, 3.63) is 29.3 Å². The number of benzene rings is 1. The molecule has 1 atom stereocenters. The van der Waals surface area contributed by atoms with Crippen molar-refractivity contribution in [3.63, 3.8) is 0 Å². The number of amides is 4. The molecule has 1 aromatic carbocycles. The van der Waals surface area contributed by atoms with Crippen molar-refractivity contribution in [1.82, 2.24) is 10.2 Å². The zero-order valence-corrected chi connectivity index (χ0v) is 10.6. The topological polar surface area (TPSA) is 91.2 Å². The van der Waals surface area contributed by atoms with Crippen LogP contribution in [0, 0.1) is 0 Å². The van der Waals surface area contributed by atoms with Crippen molar-refractivity contribution in [2.45, 2.75) is 6.04 Å². The van der Waals surface area contributed by atoms with E-state index in [9.17, 15) is 14.4 Å². The van der Waals surface area contributed by atoms with E-state index in [0.29, 0.717) is 10.7 Å². The fourth-order valence-electron chi connectivity index (χ4n) is 1.39. The SMILES string of the molecule is CN1C(=O)NC(=O)[C@H](N=Nc2ccc(Cl)cc2)C1=O. The van der Waals surface area contributed by atoms with Crippen molar-refractivity contribution in [1.29, 1.82) is 0 Å². The monoisotopic (exact) mass is 280 g/mol. The van der Waals surface area contributed by atoms with Gasteiger partial charge in [0.15, 0.2) is 0 Å². The van der Waals surface area contributed by atoms with Crippen molar-refractivity contribution in [3.8, 4) is 0 Å². The molecule has 2 rings (SSSR count).